The van der Waals surface area contributed by atoms with Crippen LogP contribution in [0.4, 0.5) is 0 Å². The van der Waals surface area contributed by atoms with Crippen LogP contribution in [0.25, 0.3) is 111 Å². The van der Waals surface area contributed by atoms with E-state index in [1.165, 1.54) is 27.2 Å². The van der Waals surface area contributed by atoms with Gasteiger partial charge in [-0.2, -0.15) is 0 Å². The number of fused-ring (bicyclic) bond motifs is 8. The van der Waals surface area contributed by atoms with E-state index in [0.29, 0.717) is 5.82 Å². The number of aromatic nitrogens is 5. The van der Waals surface area contributed by atoms with Crippen LogP contribution in [0, 0.1) is 0 Å². The lowest BCUT2D eigenvalue weighted by Gasteiger charge is -2.13. The van der Waals surface area contributed by atoms with E-state index in [1.807, 2.05) is 18.2 Å². The monoisotopic (exact) mass is 765 g/mol. The lowest BCUT2D eigenvalue weighted by atomic mass is 10.00. The van der Waals surface area contributed by atoms with Crippen molar-refractivity contribution < 1.29 is 0 Å². The molecule has 0 N–H and O–H groups in total. The van der Waals surface area contributed by atoms with Gasteiger partial charge >= 0.3 is 0 Å². The van der Waals surface area contributed by atoms with Crippen LogP contribution in [0.1, 0.15) is 0 Å². The van der Waals surface area contributed by atoms with E-state index in [1.54, 1.807) is 0 Å². The minimum Gasteiger partial charge on any atom is -0.309 e. The fraction of sp³-hybridized carbons (Fsp3) is 0. The maximum atomic E-state index is 5.36. The predicted octanol–water partition coefficient (Wildman–Crippen LogP) is 13.9. The Kier molecular flexibility index (Phi) is 7.78. The summed E-state index contributed by atoms with van der Waals surface area (Å²) in [6.07, 6.45) is 0. The molecule has 5 nitrogen and oxygen atoms in total. The molecule has 0 aliphatic carbocycles. The van der Waals surface area contributed by atoms with Crippen molar-refractivity contribution in [2.24, 2.45) is 0 Å². The van der Waals surface area contributed by atoms with Crippen LogP contribution < -0.4 is 0 Å². The van der Waals surface area contributed by atoms with Gasteiger partial charge in [-0.15, -0.1) is 0 Å². The zero-order valence-electron chi connectivity index (χ0n) is 32.4. The van der Waals surface area contributed by atoms with Crippen molar-refractivity contribution in [3.63, 3.8) is 0 Å². The van der Waals surface area contributed by atoms with E-state index in [-0.39, 0.29) is 0 Å². The van der Waals surface area contributed by atoms with E-state index >= 15 is 0 Å². The Bertz CT molecular complexity index is 3510. The summed E-state index contributed by atoms with van der Waals surface area (Å²) in [4.78, 5) is 15.7. The van der Waals surface area contributed by atoms with Crippen LogP contribution in [0.3, 0.4) is 0 Å². The van der Waals surface area contributed by atoms with E-state index in [9.17, 15) is 0 Å². The molecule has 60 heavy (non-hydrogen) atoms. The predicted molar refractivity (Wildman–Crippen MR) is 248 cm³/mol. The molecule has 0 aliphatic rings. The van der Waals surface area contributed by atoms with Gasteiger partial charge in [0.2, 0.25) is 0 Å². The fourth-order valence-corrected chi connectivity index (χ4v) is 8.98. The highest BCUT2D eigenvalue weighted by Crippen LogP contribution is 2.42. The number of benzene rings is 8. The Balaban J connectivity index is 0.986. The Morgan fingerprint density at radius 2 is 0.783 bits per heavy atom. The average Bonchev–Trinajstić information content (AvgIpc) is 3.86. The van der Waals surface area contributed by atoms with Crippen LogP contribution >= 0.6 is 0 Å². The number of hydrogen-bond donors (Lipinski definition) is 0. The fourth-order valence-electron chi connectivity index (χ4n) is 8.98. The topological polar surface area (TPSA) is 48.5 Å². The second-order valence-electron chi connectivity index (χ2n) is 15.2. The van der Waals surface area contributed by atoms with Crippen molar-refractivity contribution >= 4 is 54.5 Å². The lowest BCUT2D eigenvalue weighted by molar-refractivity contribution is 1.17. The van der Waals surface area contributed by atoms with Crippen LogP contribution in [-0.4, -0.2) is 24.1 Å². The van der Waals surface area contributed by atoms with E-state index in [4.69, 9.17) is 15.0 Å². The lowest BCUT2D eigenvalue weighted by Crippen LogP contribution is -1.97. The van der Waals surface area contributed by atoms with Crippen LogP contribution in [0.15, 0.2) is 212 Å². The van der Waals surface area contributed by atoms with Crippen LogP contribution in [-0.2, 0) is 0 Å². The minimum absolute atomic E-state index is 0.685. The van der Waals surface area contributed by atoms with Crippen molar-refractivity contribution in [2.75, 3.05) is 0 Å². The van der Waals surface area contributed by atoms with Gasteiger partial charge in [0.05, 0.1) is 44.7 Å². The molecule has 0 fully saturated rings. The number of rotatable bonds is 6. The van der Waals surface area contributed by atoms with Gasteiger partial charge in [-0.05, 0) is 54.6 Å². The second kappa shape index (κ2) is 13.8. The van der Waals surface area contributed by atoms with Gasteiger partial charge in [-0.1, -0.05) is 158 Å². The summed E-state index contributed by atoms with van der Waals surface area (Å²) in [5, 5.41) is 5.93. The molecule has 5 heteroatoms. The molecular weight excluding hydrogens is 731 g/mol. The molecule has 4 heterocycles. The standard InChI is InChI=1S/C55H35N5/c1-3-15-39(16-4-1)55-57-47(35-48(58-55)37-31-33-41(34-32-37)59-49-24-12-8-19-42(49)43-20-9-13-25-50(43)59)36-27-29-38(30-28-36)53-52-45-22-10-14-26-51(45)60(40-17-5-2-6-18-40)54(52)44-21-7-11-23-46(44)56-53/h1-35H. The Morgan fingerprint density at radius 3 is 1.42 bits per heavy atom. The minimum atomic E-state index is 0.685. The molecule has 0 radical (unpaired) electrons. The first-order chi connectivity index (χ1) is 29.8. The van der Waals surface area contributed by atoms with E-state index in [2.05, 4.69) is 203 Å². The molecule has 0 spiro atoms. The van der Waals surface area contributed by atoms with Gasteiger partial charge in [0, 0.05) is 60.6 Å². The molecule has 0 saturated carbocycles. The highest BCUT2D eigenvalue weighted by atomic mass is 15.0. The highest BCUT2D eigenvalue weighted by molar-refractivity contribution is 6.22. The van der Waals surface area contributed by atoms with Gasteiger partial charge in [-0.3, -0.25) is 0 Å². The largest absolute Gasteiger partial charge is 0.309 e. The molecule has 280 valence electrons. The van der Waals surface area contributed by atoms with Gasteiger partial charge in [0.1, 0.15) is 0 Å². The third-order valence-electron chi connectivity index (χ3n) is 11.7. The van der Waals surface area contributed by atoms with Gasteiger partial charge in [0.25, 0.3) is 0 Å². The molecule has 12 aromatic rings. The summed E-state index contributed by atoms with van der Waals surface area (Å²) < 4.78 is 4.73. The van der Waals surface area contributed by atoms with Crippen LogP contribution in [0.2, 0.25) is 0 Å². The maximum absolute atomic E-state index is 5.36. The van der Waals surface area contributed by atoms with Gasteiger partial charge in [-0.25, -0.2) is 15.0 Å². The van der Waals surface area contributed by atoms with Crippen molar-refractivity contribution in [3.05, 3.63) is 212 Å². The molecule has 0 atom stereocenters. The second-order valence-corrected chi connectivity index (χ2v) is 15.2. The molecular formula is C55H35N5. The Hall–Kier alpha value is -8.15. The number of para-hydroxylation sites is 5. The summed E-state index contributed by atoms with van der Waals surface area (Å²) >= 11 is 0. The van der Waals surface area contributed by atoms with Crippen LogP contribution in [0.5, 0.6) is 0 Å². The first kappa shape index (κ1) is 33.9. The van der Waals surface area contributed by atoms with Crippen molar-refractivity contribution in [2.45, 2.75) is 0 Å². The smallest absolute Gasteiger partial charge is 0.160 e. The molecule has 0 aliphatic heterocycles. The van der Waals surface area contributed by atoms with Crippen molar-refractivity contribution in [3.8, 4) is 56.5 Å². The Morgan fingerprint density at radius 1 is 0.317 bits per heavy atom. The molecule has 8 aromatic carbocycles. The quantitative estimate of drug-likeness (QED) is 0.169. The Labute approximate surface area is 346 Å². The zero-order chi connectivity index (χ0) is 39.6. The first-order valence-electron chi connectivity index (χ1n) is 20.3. The van der Waals surface area contributed by atoms with Gasteiger partial charge in [0.15, 0.2) is 5.82 Å². The number of nitrogens with zero attached hydrogens (tertiary/aromatic N) is 5. The summed E-state index contributed by atoms with van der Waals surface area (Å²) in [6, 6.07) is 74.7. The molecule has 0 unspecified atom stereocenters. The van der Waals surface area contributed by atoms with Crippen molar-refractivity contribution in [1.29, 1.82) is 0 Å². The SMILES string of the molecule is c1ccc(-c2nc(-c3ccc(-c4nc5ccccc5c5c4c4ccccc4n5-c4ccccc4)cc3)cc(-c3ccc(-n4c5ccccc5c5ccccc54)cc3)n2)cc1. The summed E-state index contributed by atoms with van der Waals surface area (Å²) in [6.45, 7) is 0. The summed E-state index contributed by atoms with van der Waals surface area (Å²) in [7, 11) is 0. The van der Waals surface area contributed by atoms with E-state index in [0.717, 1.165) is 78.0 Å². The summed E-state index contributed by atoms with van der Waals surface area (Å²) in [5.41, 5.74) is 14.6. The van der Waals surface area contributed by atoms with Crippen molar-refractivity contribution in [1.82, 2.24) is 24.1 Å². The third kappa shape index (κ3) is 5.44. The molecule has 0 amide bonds. The molecule has 12 rings (SSSR count). The zero-order valence-corrected chi connectivity index (χ0v) is 32.4. The highest BCUT2D eigenvalue weighted by Gasteiger charge is 2.21. The first-order valence-corrected chi connectivity index (χ1v) is 20.3. The third-order valence-corrected chi connectivity index (χ3v) is 11.7. The number of hydrogen-bond acceptors (Lipinski definition) is 3. The average molecular weight is 766 g/mol. The normalized spacial score (nSPS) is 11.7. The molecule has 0 bridgehead atoms. The summed E-state index contributed by atoms with van der Waals surface area (Å²) in [5.74, 6) is 0.685. The van der Waals surface area contributed by atoms with Gasteiger partial charge < -0.3 is 9.13 Å². The number of pyridine rings is 1. The molecule has 0 saturated heterocycles. The molecule has 4 aromatic heterocycles. The van der Waals surface area contributed by atoms with E-state index < -0.39 is 0 Å². The maximum Gasteiger partial charge on any atom is 0.160 e.